The van der Waals surface area contributed by atoms with Gasteiger partial charge in [0.2, 0.25) is 5.91 Å². The van der Waals surface area contributed by atoms with Crippen molar-refractivity contribution >= 4 is 5.91 Å². The van der Waals surface area contributed by atoms with Crippen LogP contribution in [-0.4, -0.2) is 52.9 Å². The van der Waals surface area contributed by atoms with Crippen LogP contribution >= 0.6 is 0 Å². The Morgan fingerprint density at radius 2 is 2.04 bits per heavy atom. The Morgan fingerprint density at radius 3 is 2.70 bits per heavy atom. The van der Waals surface area contributed by atoms with Gasteiger partial charge in [-0.15, -0.1) is 0 Å². The molecule has 1 atom stereocenters. The summed E-state index contributed by atoms with van der Waals surface area (Å²) < 4.78 is 0. The molecule has 126 valence electrons. The van der Waals surface area contributed by atoms with Crippen LogP contribution < -0.4 is 0 Å². The molecule has 1 saturated carbocycles. The molecule has 1 unspecified atom stereocenters. The van der Waals surface area contributed by atoms with Gasteiger partial charge in [0.25, 0.3) is 0 Å². The summed E-state index contributed by atoms with van der Waals surface area (Å²) >= 11 is 0. The van der Waals surface area contributed by atoms with Gasteiger partial charge < -0.3 is 4.90 Å². The van der Waals surface area contributed by atoms with Crippen molar-refractivity contribution in [2.75, 3.05) is 27.2 Å². The molecule has 2 fully saturated rings. The third-order valence-electron chi connectivity index (χ3n) is 5.46. The first kappa shape index (κ1) is 16.4. The molecule has 1 aromatic rings. The smallest absolute Gasteiger partial charge is 0.248 e. The van der Waals surface area contributed by atoms with E-state index in [0.29, 0.717) is 5.92 Å². The molecule has 1 aliphatic carbocycles. The fourth-order valence-electron chi connectivity index (χ4n) is 4.33. The zero-order chi connectivity index (χ0) is 16.3. The standard InChI is InChI=1S/C18H28N4O/c1-21(2)17(23)18(16-13-19-10-11-20-16)9-6-12-22(18)14-15-7-4-3-5-8-15/h10-11,13,15H,3-9,12,14H2,1-2H3. The average molecular weight is 316 g/mol. The zero-order valence-corrected chi connectivity index (χ0v) is 14.4. The molecule has 0 aromatic carbocycles. The minimum Gasteiger partial charge on any atom is -0.347 e. The van der Waals surface area contributed by atoms with Gasteiger partial charge in [0, 0.05) is 33.0 Å². The highest BCUT2D eigenvalue weighted by atomic mass is 16.2. The van der Waals surface area contributed by atoms with E-state index in [1.54, 1.807) is 23.5 Å². The van der Waals surface area contributed by atoms with E-state index in [0.717, 1.165) is 31.6 Å². The lowest BCUT2D eigenvalue weighted by Crippen LogP contribution is -2.54. The Hall–Kier alpha value is -1.49. The minimum atomic E-state index is -0.616. The van der Waals surface area contributed by atoms with Crippen LogP contribution in [0.15, 0.2) is 18.6 Å². The van der Waals surface area contributed by atoms with Gasteiger partial charge in [-0.3, -0.25) is 19.7 Å². The molecule has 0 N–H and O–H groups in total. The van der Waals surface area contributed by atoms with E-state index in [9.17, 15) is 4.79 Å². The van der Waals surface area contributed by atoms with Gasteiger partial charge in [0.1, 0.15) is 5.54 Å². The van der Waals surface area contributed by atoms with Crippen molar-refractivity contribution in [3.63, 3.8) is 0 Å². The number of hydrogen-bond donors (Lipinski definition) is 0. The lowest BCUT2D eigenvalue weighted by Gasteiger charge is -2.40. The molecule has 0 radical (unpaired) electrons. The van der Waals surface area contributed by atoms with Gasteiger partial charge in [0.15, 0.2) is 0 Å². The Bertz CT molecular complexity index is 527. The Kier molecular flexibility index (Phi) is 4.95. The normalized spacial score (nSPS) is 26.3. The van der Waals surface area contributed by atoms with Gasteiger partial charge in [-0.05, 0) is 38.1 Å². The van der Waals surface area contributed by atoms with Crippen LogP contribution in [-0.2, 0) is 10.3 Å². The maximum Gasteiger partial charge on any atom is 0.248 e. The first-order chi connectivity index (χ1) is 11.1. The van der Waals surface area contributed by atoms with Gasteiger partial charge >= 0.3 is 0 Å². The minimum absolute atomic E-state index is 0.145. The predicted octanol–water partition coefficient (Wildman–Crippen LogP) is 2.44. The molecule has 2 heterocycles. The molecule has 23 heavy (non-hydrogen) atoms. The van der Waals surface area contributed by atoms with Crippen molar-refractivity contribution < 1.29 is 4.79 Å². The number of carbonyl (C=O) groups is 1. The van der Waals surface area contributed by atoms with Crippen molar-refractivity contribution in [3.05, 3.63) is 24.3 Å². The highest BCUT2D eigenvalue weighted by molar-refractivity contribution is 5.87. The molecule has 3 rings (SSSR count). The van der Waals surface area contributed by atoms with Crippen LogP contribution in [0.1, 0.15) is 50.6 Å². The molecule has 1 saturated heterocycles. The van der Waals surface area contributed by atoms with Crippen molar-refractivity contribution in [2.45, 2.75) is 50.5 Å². The number of amides is 1. The van der Waals surface area contributed by atoms with E-state index in [2.05, 4.69) is 14.9 Å². The molecule has 5 heteroatoms. The van der Waals surface area contributed by atoms with E-state index < -0.39 is 5.54 Å². The summed E-state index contributed by atoms with van der Waals surface area (Å²) in [7, 11) is 3.69. The number of hydrogen-bond acceptors (Lipinski definition) is 4. The topological polar surface area (TPSA) is 49.3 Å². The molecule has 0 bridgehead atoms. The van der Waals surface area contributed by atoms with E-state index in [-0.39, 0.29) is 5.91 Å². The fraction of sp³-hybridized carbons (Fsp3) is 0.722. The summed E-state index contributed by atoms with van der Waals surface area (Å²) in [6, 6.07) is 0. The van der Waals surface area contributed by atoms with Crippen LogP contribution in [0.2, 0.25) is 0 Å². The van der Waals surface area contributed by atoms with E-state index in [4.69, 9.17) is 0 Å². The van der Waals surface area contributed by atoms with Crippen molar-refractivity contribution in [2.24, 2.45) is 5.92 Å². The molecule has 1 aliphatic heterocycles. The van der Waals surface area contributed by atoms with Crippen molar-refractivity contribution in [1.82, 2.24) is 19.8 Å². The SMILES string of the molecule is CN(C)C(=O)C1(c2cnccn2)CCCN1CC1CCCCC1. The predicted molar refractivity (Wildman–Crippen MR) is 89.8 cm³/mol. The number of likely N-dealkylation sites (N-methyl/N-ethyl adjacent to an activating group) is 1. The largest absolute Gasteiger partial charge is 0.347 e. The summed E-state index contributed by atoms with van der Waals surface area (Å²) in [5.41, 5.74) is 0.196. The second kappa shape index (κ2) is 6.95. The number of aromatic nitrogens is 2. The number of nitrogens with zero attached hydrogens (tertiary/aromatic N) is 4. The lowest BCUT2D eigenvalue weighted by atomic mass is 9.86. The van der Waals surface area contributed by atoms with Crippen molar-refractivity contribution in [3.8, 4) is 0 Å². The van der Waals surface area contributed by atoms with Gasteiger partial charge in [0.05, 0.1) is 11.9 Å². The molecule has 1 aromatic heterocycles. The first-order valence-corrected chi connectivity index (χ1v) is 8.88. The van der Waals surface area contributed by atoms with E-state index in [1.165, 1.54) is 32.1 Å². The first-order valence-electron chi connectivity index (χ1n) is 8.88. The van der Waals surface area contributed by atoms with E-state index in [1.807, 2.05) is 14.1 Å². The molecule has 0 spiro atoms. The lowest BCUT2D eigenvalue weighted by molar-refractivity contribution is -0.142. The third kappa shape index (κ3) is 3.11. The zero-order valence-electron chi connectivity index (χ0n) is 14.4. The summed E-state index contributed by atoms with van der Waals surface area (Å²) in [4.78, 5) is 26.0. The van der Waals surface area contributed by atoms with Crippen LogP contribution in [0, 0.1) is 5.92 Å². The number of likely N-dealkylation sites (tertiary alicyclic amines) is 1. The highest BCUT2D eigenvalue weighted by Gasteiger charge is 2.51. The van der Waals surface area contributed by atoms with Gasteiger partial charge in [-0.2, -0.15) is 0 Å². The van der Waals surface area contributed by atoms with Gasteiger partial charge in [-0.25, -0.2) is 0 Å². The second-order valence-electron chi connectivity index (χ2n) is 7.20. The summed E-state index contributed by atoms with van der Waals surface area (Å²) in [6.07, 6.45) is 13.7. The summed E-state index contributed by atoms with van der Waals surface area (Å²) in [5.74, 6) is 0.860. The van der Waals surface area contributed by atoms with Crippen LogP contribution in [0.3, 0.4) is 0 Å². The van der Waals surface area contributed by atoms with E-state index >= 15 is 0 Å². The number of rotatable bonds is 4. The molecular weight excluding hydrogens is 288 g/mol. The fourth-order valence-corrected chi connectivity index (χ4v) is 4.33. The van der Waals surface area contributed by atoms with Gasteiger partial charge in [-0.1, -0.05) is 19.3 Å². The molecule has 1 amide bonds. The van der Waals surface area contributed by atoms with Crippen LogP contribution in [0.5, 0.6) is 0 Å². The van der Waals surface area contributed by atoms with Crippen LogP contribution in [0.4, 0.5) is 0 Å². The molecule has 5 nitrogen and oxygen atoms in total. The maximum absolute atomic E-state index is 13.1. The highest BCUT2D eigenvalue weighted by Crippen LogP contribution is 2.40. The Balaban J connectivity index is 1.91. The third-order valence-corrected chi connectivity index (χ3v) is 5.46. The molecule has 2 aliphatic rings. The maximum atomic E-state index is 13.1. The van der Waals surface area contributed by atoms with Crippen molar-refractivity contribution in [1.29, 1.82) is 0 Å². The quantitative estimate of drug-likeness (QED) is 0.856. The number of carbonyl (C=O) groups excluding carboxylic acids is 1. The van der Waals surface area contributed by atoms with Crippen LogP contribution in [0.25, 0.3) is 0 Å². The Labute approximate surface area is 139 Å². The average Bonchev–Trinajstić information content (AvgIpc) is 3.00. The Morgan fingerprint density at radius 1 is 1.26 bits per heavy atom. The molecular formula is C18H28N4O. The summed E-state index contributed by atoms with van der Waals surface area (Å²) in [6.45, 7) is 1.99. The monoisotopic (exact) mass is 316 g/mol. The second-order valence-corrected chi connectivity index (χ2v) is 7.20. The summed E-state index contributed by atoms with van der Waals surface area (Å²) in [5, 5.41) is 0.